The summed E-state index contributed by atoms with van der Waals surface area (Å²) in [5, 5.41) is 9.03. The van der Waals surface area contributed by atoms with Crippen LogP contribution in [-0.4, -0.2) is 29.3 Å². The number of halogens is 1. The van der Waals surface area contributed by atoms with Crippen molar-refractivity contribution in [3.05, 3.63) is 71.0 Å². The van der Waals surface area contributed by atoms with E-state index in [1.54, 1.807) is 12.1 Å². The highest BCUT2D eigenvalue weighted by Gasteiger charge is 2.29. The predicted molar refractivity (Wildman–Crippen MR) is 119 cm³/mol. The number of benzene rings is 2. The van der Waals surface area contributed by atoms with E-state index in [9.17, 15) is 8.42 Å². The Balaban J connectivity index is 1.67. The van der Waals surface area contributed by atoms with Crippen LogP contribution in [0, 0.1) is 0 Å². The molecule has 1 fully saturated rings. The van der Waals surface area contributed by atoms with Gasteiger partial charge in [0.15, 0.2) is 5.82 Å². The zero-order valence-corrected chi connectivity index (χ0v) is 18.8. The lowest BCUT2D eigenvalue weighted by molar-refractivity contribution is 0.103. The summed E-state index contributed by atoms with van der Waals surface area (Å²) in [6.45, 7) is 2.53. The van der Waals surface area contributed by atoms with Crippen molar-refractivity contribution in [2.24, 2.45) is 0 Å². The Morgan fingerprint density at radius 2 is 1.84 bits per heavy atom. The van der Waals surface area contributed by atoms with E-state index in [2.05, 4.69) is 14.9 Å². The largest absolute Gasteiger partial charge is 0.460 e. The first kappa shape index (κ1) is 21.8. The third-order valence-corrected chi connectivity index (χ3v) is 7.14. The van der Waals surface area contributed by atoms with Gasteiger partial charge in [0.25, 0.3) is 0 Å². The molecule has 1 aliphatic rings. The second kappa shape index (κ2) is 9.38. The number of aromatic nitrogens is 3. The van der Waals surface area contributed by atoms with E-state index in [1.807, 2.05) is 41.8 Å². The molecule has 0 saturated heterocycles. The first-order valence-electron chi connectivity index (χ1n) is 10.4. The highest BCUT2D eigenvalue weighted by molar-refractivity contribution is 7.89. The van der Waals surface area contributed by atoms with Gasteiger partial charge in [0.1, 0.15) is 6.10 Å². The first-order chi connectivity index (χ1) is 15.0. The Kier molecular flexibility index (Phi) is 6.60. The van der Waals surface area contributed by atoms with Crippen LogP contribution in [0.3, 0.4) is 0 Å². The molecule has 1 atom stereocenters. The number of hydrogen-bond acceptors (Lipinski definition) is 5. The molecule has 0 radical (unpaired) electrons. The Morgan fingerprint density at radius 3 is 2.45 bits per heavy atom. The van der Waals surface area contributed by atoms with Crippen LogP contribution in [0.15, 0.2) is 59.5 Å². The lowest BCUT2D eigenvalue weighted by atomic mass is 9.96. The van der Waals surface area contributed by atoms with Gasteiger partial charge in [-0.05, 0) is 62.4 Å². The lowest BCUT2D eigenvalue weighted by Gasteiger charge is -2.26. The number of nitrogens with zero attached hydrogens (tertiary/aromatic N) is 3. The molecule has 0 aliphatic heterocycles. The van der Waals surface area contributed by atoms with E-state index in [1.165, 1.54) is 12.1 Å². The molecule has 1 N–H and O–H groups in total. The molecule has 2 aromatic carbocycles. The summed E-state index contributed by atoms with van der Waals surface area (Å²) in [7, 11) is -3.81. The van der Waals surface area contributed by atoms with Gasteiger partial charge in [0, 0.05) is 11.6 Å². The van der Waals surface area contributed by atoms with Crippen molar-refractivity contribution in [2.45, 2.75) is 56.2 Å². The second-order valence-corrected chi connectivity index (χ2v) is 9.72. The molecule has 9 heteroatoms. The van der Waals surface area contributed by atoms with Crippen LogP contribution >= 0.6 is 11.6 Å². The zero-order valence-electron chi connectivity index (χ0n) is 17.2. The van der Waals surface area contributed by atoms with Crippen molar-refractivity contribution < 1.29 is 13.2 Å². The molecule has 0 bridgehead atoms. The average Bonchev–Trinajstić information content (AvgIpc) is 3.14. The normalized spacial score (nSPS) is 15.4. The molecule has 0 spiro atoms. The van der Waals surface area contributed by atoms with Crippen LogP contribution in [0.2, 0.25) is 5.02 Å². The zero-order chi connectivity index (χ0) is 21.8. The summed E-state index contributed by atoms with van der Waals surface area (Å²) in [5.74, 6) is 0.526. The minimum Gasteiger partial charge on any atom is -0.460 e. The van der Waals surface area contributed by atoms with E-state index >= 15 is 0 Å². The Hall–Kier alpha value is -2.42. The molecule has 1 saturated carbocycles. The molecule has 1 aromatic heterocycles. The summed E-state index contributed by atoms with van der Waals surface area (Å²) in [6.07, 6.45) is 3.73. The maximum atomic E-state index is 13.1. The van der Waals surface area contributed by atoms with E-state index < -0.39 is 16.1 Å². The van der Waals surface area contributed by atoms with Crippen LogP contribution in [0.4, 0.5) is 0 Å². The second-order valence-electron chi connectivity index (χ2n) is 7.57. The van der Waals surface area contributed by atoms with E-state index in [-0.39, 0.29) is 11.0 Å². The minimum atomic E-state index is -3.81. The SMILES string of the molecule is CCn1c(OC2CCC2)nnc1C(Cc1ccccc1)NS(=O)(=O)c1ccc(Cl)cc1. The van der Waals surface area contributed by atoms with Crippen LogP contribution in [-0.2, 0) is 23.0 Å². The third kappa shape index (κ3) is 5.08. The topological polar surface area (TPSA) is 86.1 Å². The molecule has 7 nitrogen and oxygen atoms in total. The molecule has 164 valence electrons. The highest BCUT2D eigenvalue weighted by atomic mass is 35.5. The summed E-state index contributed by atoms with van der Waals surface area (Å²) in [4.78, 5) is 0.142. The highest BCUT2D eigenvalue weighted by Crippen LogP contribution is 2.28. The van der Waals surface area contributed by atoms with E-state index in [0.717, 1.165) is 24.8 Å². The van der Waals surface area contributed by atoms with Crippen molar-refractivity contribution in [1.82, 2.24) is 19.5 Å². The number of sulfonamides is 1. The summed E-state index contributed by atoms with van der Waals surface area (Å²) < 4.78 is 36.9. The van der Waals surface area contributed by atoms with Crippen molar-refractivity contribution >= 4 is 21.6 Å². The standard InChI is InChI=1S/C22H25ClN4O3S/c1-2-27-21(24-25-22(27)30-18-9-6-10-18)20(15-16-7-4-3-5-8-16)26-31(28,29)19-13-11-17(23)12-14-19/h3-5,7-8,11-14,18,20,26H,2,6,9-10,15H2,1H3. The van der Waals surface area contributed by atoms with Crippen LogP contribution in [0.1, 0.15) is 43.6 Å². The van der Waals surface area contributed by atoms with Crippen LogP contribution < -0.4 is 9.46 Å². The van der Waals surface area contributed by atoms with Crippen LogP contribution in [0.25, 0.3) is 0 Å². The molecular weight excluding hydrogens is 436 g/mol. The average molecular weight is 461 g/mol. The van der Waals surface area contributed by atoms with Crippen molar-refractivity contribution in [3.63, 3.8) is 0 Å². The predicted octanol–water partition coefficient (Wildman–Crippen LogP) is 4.15. The molecular formula is C22H25ClN4O3S. The first-order valence-corrected chi connectivity index (χ1v) is 12.2. The fourth-order valence-electron chi connectivity index (χ4n) is 3.48. The molecule has 1 heterocycles. The van der Waals surface area contributed by atoms with Gasteiger partial charge in [0.2, 0.25) is 10.0 Å². The smallest absolute Gasteiger partial charge is 0.317 e. The maximum Gasteiger partial charge on any atom is 0.317 e. The number of ether oxygens (including phenoxy) is 1. The van der Waals surface area contributed by atoms with Gasteiger partial charge in [-0.2, -0.15) is 0 Å². The third-order valence-electron chi connectivity index (χ3n) is 5.40. The summed E-state index contributed by atoms with van der Waals surface area (Å²) >= 11 is 5.92. The molecule has 1 aliphatic carbocycles. The fraction of sp³-hybridized carbons (Fsp3) is 0.364. The molecule has 1 unspecified atom stereocenters. The fourth-order valence-corrected chi connectivity index (χ4v) is 4.80. The minimum absolute atomic E-state index is 0.142. The lowest BCUT2D eigenvalue weighted by Crippen LogP contribution is -2.32. The molecule has 31 heavy (non-hydrogen) atoms. The van der Waals surface area contributed by atoms with E-state index in [0.29, 0.717) is 29.8 Å². The van der Waals surface area contributed by atoms with Crippen molar-refractivity contribution in [3.8, 4) is 6.01 Å². The quantitative estimate of drug-likeness (QED) is 0.518. The maximum absolute atomic E-state index is 13.1. The van der Waals surface area contributed by atoms with Crippen molar-refractivity contribution in [2.75, 3.05) is 0 Å². The van der Waals surface area contributed by atoms with Gasteiger partial charge in [-0.25, -0.2) is 13.1 Å². The monoisotopic (exact) mass is 460 g/mol. The van der Waals surface area contributed by atoms with Gasteiger partial charge in [-0.3, -0.25) is 4.57 Å². The van der Waals surface area contributed by atoms with E-state index in [4.69, 9.17) is 16.3 Å². The molecule has 0 amide bonds. The van der Waals surface area contributed by atoms with Gasteiger partial charge < -0.3 is 4.74 Å². The summed E-state index contributed by atoms with van der Waals surface area (Å²) in [6, 6.07) is 15.6. The molecule has 4 rings (SSSR count). The van der Waals surface area contributed by atoms with Gasteiger partial charge in [-0.1, -0.05) is 47.0 Å². The van der Waals surface area contributed by atoms with Gasteiger partial charge in [-0.15, -0.1) is 5.10 Å². The number of hydrogen-bond donors (Lipinski definition) is 1. The Bertz CT molecular complexity index is 1110. The number of rotatable bonds is 9. The Morgan fingerprint density at radius 1 is 1.13 bits per heavy atom. The van der Waals surface area contributed by atoms with Gasteiger partial charge >= 0.3 is 6.01 Å². The Labute approximate surface area is 187 Å². The molecule has 3 aromatic rings. The van der Waals surface area contributed by atoms with Gasteiger partial charge in [0.05, 0.1) is 10.9 Å². The van der Waals surface area contributed by atoms with Crippen LogP contribution in [0.5, 0.6) is 6.01 Å². The summed E-state index contributed by atoms with van der Waals surface area (Å²) in [5.41, 5.74) is 0.985. The van der Waals surface area contributed by atoms with Crippen molar-refractivity contribution in [1.29, 1.82) is 0 Å². The number of nitrogens with one attached hydrogen (secondary N) is 1.